The number of rotatable bonds is 4. The largest absolute Gasteiger partial charge is 0.358 e. The summed E-state index contributed by atoms with van der Waals surface area (Å²) in [7, 11) is 0. The average Bonchev–Trinajstić information content (AvgIpc) is 3.36. The Bertz CT molecular complexity index is 1370. The van der Waals surface area contributed by atoms with E-state index in [0.29, 0.717) is 5.13 Å². The van der Waals surface area contributed by atoms with Crippen molar-refractivity contribution in [3.8, 4) is 11.3 Å². The lowest BCUT2D eigenvalue weighted by molar-refractivity contribution is -0.129. The number of hydrogen-bond donors (Lipinski definition) is 2. The van der Waals surface area contributed by atoms with Crippen LogP contribution in [0.25, 0.3) is 28.2 Å². The van der Waals surface area contributed by atoms with Crippen molar-refractivity contribution in [2.45, 2.75) is 26.3 Å². The number of nitrogens with zero attached hydrogens (tertiary/aromatic N) is 2. The lowest BCUT2D eigenvalue weighted by atomic mass is 9.93. The highest BCUT2D eigenvalue weighted by atomic mass is 32.1. The van der Waals surface area contributed by atoms with Crippen molar-refractivity contribution in [2.24, 2.45) is 0 Å². The van der Waals surface area contributed by atoms with Crippen molar-refractivity contribution < 1.29 is 9.59 Å². The number of nitrogens with one attached hydrogen (secondary N) is 2. The second kappa shape index (κ2) is 8.09. The minimum atomic E-state index is -0.344. The maximum absolute atomic E-state index is 12.9. The van der Waals surface area contributed by atoms with E-state index in [-0.39, 0.29) is 24.3 Å². The Morgan fingerprint density at radius 2 is 1.94 bits per heavy atom. The summed E-state index contributed by atoms with van der Waals surface area (Å²) in [6.07, 6.45) is 3.81. The number of thiazole rings is 1. The van der Waals surface area contributed by atoms with E-state index in [2.05, 4.69) is 21.4 Å². The summed E-state index contributed by atoms with van der Waals surface area (Å²) in [5.41, 5.74) is 5.97. The summed E-state index contributed by atoms with van der Waals surface area (Å²) in [5.74, 6) is -0.275. The van der Waals surface area contributed by atoms with Crippen LogP contribution >= 0.6 is 11.3 Å². The number of amides is 2. The van der Waals surface area contributed by atoms with Gasteiger partial charge in [0.1, 0.15) is 0 Å². The fourth-order valence-electron chi connectivity index (χ4n) is 4.31. The quantitative estimate of drug-likeness (QED) is 0.438. The maximum Gasteiger partial charge on any atom is 0.228 e. The second-order valence-electron chi connectivity index (χ2n) is 7.85. The molecule has 160 valence electrons. The average molecular weight is 443 g/mol. The number of anilines is 1. The molecule has 3 heterocycles. The lowest BCUT2D eigenvalue weighted by Crippen LogP contribution is -2.33. The van der Waals surface area contributed by atoms with Crippen molar-refractivity contribution in [2.75, 3.05) is 5.32 Å². The van der Waals surface area contributed by atoms with E-state index in [4.69, 9.17) is 0 Å². The summed E-state index contributed by atoms with van der Waals surface area (Å²) in [5, 5.41) is 6.54. The highest BCUT2D eigenvalue weighted by Gasteiger charge is 2.28. The zero-order chi connectivity index (χ0) is 22.2. The molecule has 7 heteroatoms. The van der Waals surface area contributed by atoms with E-state index in [9.17, 15) is 9.59 Å². The molecule has 1 unspecified atom stereocenters. The van der Waals surface area contributed by atoms with E-state index >= 15 is 0 Å². The third-order valence-corrected chi connectivity index (χ3v) is 6.51. The third-order valence-electron chi connectivity index (χ3n) is 5.75. The van der Waals surface area contributed by atoms with Gasteiger partial charge >= 0.3 is 0 Å². The van der Waals surface area contributed by atoms with Crippen LogP contribution in [0.3, 0.4) is 0 Å². The molecule has 0 saturated heterocycles. The molecule has 5 rings (SSSR count). The summed E-state index contributed by atoms with van der Waals surface area (Å²) >= 11 is 1.40. The molecule has 1 aliphatic heterocycles. The normalized spacial score (nSPS) is 15.1. The number of H-pyrrole nitrogens is 1. The van der Waals surface area contributed by atoms with Crippen LogP contribution in [0.1, 0.15) is 36.2 Å². The minimum absolute atomic E-state index is 0.0973. The Labute approximate surface area is 189 Å². The summed E-state index contributed by atoms with van der Waals surface area (Å²) in [6, 6.07) is 15.6. The fraction of sp³-hybridized carbons (Fsp3) is 0.160. The Morgan fingerprint density at radius 3 is 2.78 bits per heavy atom. The van der Waals surface area contributed by atoms with Crippen molar-refractivity contribution in [1.29, 1.82) is 0 Å². The van der Waals surface area contributed by atoms with Gasteiger partial charge in [-0.2, -0.15) is 0 Å². The van der Waals surface area contributed by atoms with Crippen LogP contribution in [0.5, 0.6) is 0 Å². The predicted octanol–water partition coefficient (Wildman–Crippen LogP) is 5.50. The second-order valence-corrected chi connectivity index (χ2v) is 8.71. The Morgan fingerprint density at radius 1 is 1.16 bits per heavy atom. The molecule has 4 aromatic rings. The van der Waals surface area contributed by atoms with Gasteiger partial charge < -0.3 is 15.2 Å². The molecule has 0 aliphatic carbocycles. The van der Waals surface area contributed by atoms with Gasteiger partial charge in [0.15, 0.2) is 5.13 Å². The zero-order valence-electron chi connectivity index (χ0n) is 17.8. The van der Waals surface area contributed by atoms with Gasteiger partial charge in [-0.05, 0) is 30.2 Å². The summed E-state index contributed by atoms with van der Waals surface area (Å²) in [6.45, 7) is 3.54. The van der Waals surface area contributed by atoms with Gasteiger partial charge in [-0.3, -0.25) is 9.59 Å². The molecule has 0 radical (unpaired) electrons. The molecular formula is C25H22N4O2S. The van der Waals surface area contributed by atoms with Crippen molar-refractivity contribution >= 4 is 45.3 Å². The molecule has 0 bridgehead atoms. The van der Waals surface area contributed by atoms with Gasteiger partial charge in [0, 0.05) is 40.7 Å². The van der Waals surface area contributed by atoms with Gasteiger partial charge in [-0.15, -0.1) is 11.3 Å². The number of benzene rings is 2. The van der Waals surface area contributed by atoms with Crippen LogP contribution in [-0.4, -0.2) is 26.7 Å². The molecule has 0 saturated carbocycles. The van der Waals surface area contributed by atoms with Crippen LogP contribution in [0.2, 0.25) is 0 Å². The first-order valence-electron chi connectivity index (χ1n) is 10.4. The van der Waals surface area contributed by atoms with Crippen molar-refractivity contribution in [3.05, 3.63) is 76.9 Å². The van der Waals surface area contributed by atoms with Crippen LogP contribution in [-0.2, 0) is 9.59 Å². The van der Waals surface area contributed by atoms with Crippen molar-refractivity contribution in [1.82, 2.24) is 14.9 Å². The summed E-state index contributed by atoms with van der Waals surface area (Å²) < 4.78 is 0. The molecule has 2 aromatic carbocycles. The van der Waals surface area contributed by atoms with Gasteiger partial charge in [-0.25, -0.2) is 4.98 Å². The SMILES string of the molecule is CC(=O)N1C=Cc2ccccc2C1CC(=O)Nc1nc(-c2c(C)[nH]c3ccccc23)cs1. The van der Waals surface area contributed by atoms with Gasteiger partial charge in [0.2, 0.25) is 11.8 Å². The molecule has 2 aromatic heterocycles. The molecule has 0 fully saturated rings. The molecule has 1 atom stereocenters. The molecule has 0 spiro atoms. The number of para-hydroxylation sites is 1. The standard InChI is InChI=1S/C25H22N4O2S/c1-15-24(19-9-5-6-10-20(19)26-15)21-14-32-25(27-21)28-23(31)13-22-18-8-4-3-7-17(18)11-12-29(22)16(2)30/h3-12,14,22,26H,13H2,1-2H3,(H,27,28,31). The number of aromatic nitrogens is 2. The first-order valence-corrected chi connectivity index (χ1v) is 11.3. The number of fused-ring (bicyclic) bond motifs is 2. The van der Waals surface area contributed by atoms with E-state index in [1.54, 1.807) is 11.1 Å². The van der Waals surface area contributed by atoms with Crippen LogP contribution in [0.4, 0.5) is 5.13 Å². The minimum Gasteiger partial charge on any atom is -0.358 e. The first-order chi connectivity index (χ1) is 15.5. The van der Waals surface area contributed by atoms with Crippen LogP contribution < -0.4 is 5.32 Å². The number of hydrogen-bond acceptors (Lipinski definition) is 4. The predicted molar refractivity (Wildman–Crippen MR) is 128 cm³/mol. The Balaban J connectivity index is 1.37. The highest BCUT2D eigenvalue weighted by Crippen LogP contribution is 2.35. The molecule has 32 heavy (non-hydrogen) atoms. The lowest BCUT2D eigenvalue weighted by Gasteiger charge is -2.32. The van der Waals surface area contributed by atoms with E-state index in [0.717, 1.165) is 39.0 Å². The molecule has 2 N–H and O–H groups in total. The highest BCUT2D eigenvalue weighted by molar-refractivity contribution is 7.14. The number of aromatic amines is 1. The Kier molecular flexibility index (Phi) is 5.11. The molecule has 1 aliphatic rings. The molecular weight excluding hydrogens is 420 g/mol. The monoisotopic (exact) mass is 442 g/mol. The number of aryl methyl sites for hydroxylation is 1. The Hall–Kier alpha value is -3.71. The van der Waals surface area contributed by atoms with E-state index in [1.807, 2.05) is 60.8 Å². The fourth-order valence-corrected chi connectivity index (χ4v) is 5.03. The smallest absolute Gasteiger partial charge is 0.228 e. The number of carbonyl (C=O) groups is 2. The maximum atomic E-state index is 12.9. The summed E-state index contributed by atoms with van der Waals surface area (Å²) in [4.78, 5) is 34.8. The van der Waals surface area contributed by atoms with E-state index < -0.39 is 0 Å². The molecule has 2 amide bonds. The van der Waals surface area contributed by atoms with E-state index in [1.165, 1.54) is 18.3 Å². The zero-order valence-corrected chi connectivity index (χ0v) is 18.6. The first kappa shape index (κ1) is 20.2. The van der Waals surface area contributed by atoms with Gasteiger partial charge in [0.25, 0.3) is 0 Å². The van der Waals surface area contributed by atoms with Gasteiger partial charge in [-0.1, -0.05) is 42.5 Å². The topological polar surface area (TPSA) is 78.1 Å². The third kappa shape index (κ3) is 3.61. The van der Waals surface area contributed by atoms with Crippen molar-refractivity contribution in [3.63, 3.8) is 0 Å². The van der Waals surface area contributed by atoms with Crippen LogP contribution in [0, 0.1) is 6.92 Å². The molecule has 6 nitrogen and oxygen atoms in total. The van der Waals surface area contributed by atoms with Gasteiger partial charge in [0.05, 0.1) is 18.2 Å². The van der Waals surface area contributed by atoms with Crippen LogP contribution in [0.15, 0.2) is 60.1 Å². The number of carbonyl (C=O) groups excluding carboxylic acids is 2.